The van der Waals surface area contributed by atoms with Gasteiger partial charge in [-0.1, -0.05) is 6.07 Å². The third-order valence-electron chi connectivity index (χ3n) is 2.15. The molecule has 82 valence electrons. The molecule has 1 aromatic carbocycles. The normalized spacial score (nSPS) is 16.5. The first-order chi connectivity index (χ1) is 7.18. The van der Waals surface area contributed by atoms with Gasteiger partial charge in [0, 0.05) is 0 Å². The van der Waals surface area contributed by atoms with Gasteiger partial charge < -0.3 is 14.6 Å². The molecule has 1 aliphatic rings. The molecule has 5 heteroatoms. The summed E-state index contributed by atoms with van der Waals surface area (Å²) in [4.78, 5) is -0.854. The van der Waals surface area contributed by atoms with Crippen LogP contribution in [0.5, 0.6) is 11.5 Å². The molecule has 2 rings (SSSR count). The van der Waals surface area contributed by atoms with Crippen molar-refractivity contribution in [2.24, 2.45) is 0 Å². The van der Waals surface area contributed by atoms with Gasteiger partial charge in [0.1, 0.15) is 24.2 Å². The third-order valence-corrected chi connectivity index (χ3v) is 2.62. The van der Waals surface area contributed by atoms with Crippen molar-refractivity contribution >= 4 is 23.2 Å². The lowest BCUT2D eigenvalue weighted by molar-refractivity contribution is 0.167. The van der Waals surface area contributed by atoms with Crippen molar-refractivity contribution in [3.05, 3.63) is 23.8 Å². The summed E-state index contributed by atoms with van der Waals surface area (Å²) in [5, 5.41) is 9.64. The van der Waals surface area contributed by atoms with Crippen molar-refractivity contribution in [3.63, 3.8) is 0 Å². The molecule has 0 fully saturated rings. The molecule has 0 saturated carbocycles. The number of benzene rings is 1. The van der Waals surface area contributed by atoms with Gasteiger partial charge in [-0.2, -0.15) is 0 Å². The number of aliphatic hydroxyl groups excluding tert-OH is 1. The zero-order valence-electron chi connectivity index (χ0n) is 7.82. The van der Waals surface area contributed by atoms with E-state index in [1.54, 1.807) is 18.2 Å². The Morgan fingerprint density at radius 3 is 2.47 bits per heavy atom. The Morgan fingerprint density at radius 1 is 1.13 bits per heavy atom. The SMILES string of the molecule is OC(c1ccc2c(c1)OCCO2)C(Cl)Cl. The van der Waals surface area contributed by atoms with Crippen LogP contribution < -0.4 is 9.47 Å². The monoisotopic (exact) mass is 248 g/mol. The van der Waals surface area contributed by atoms with E-state index in [-0.39, 0.29) is 0 Å². The van der Waals surface area contributed by atoms with Gasteiger partial charge in [-0.15, -0.1) is 23.2 Å². The van der Waals surface area contributed by atoms with Gasteiger partial charge in [0.2, 0.25) is 0 Å². The molecule has 1 N–H and O–H groups in total. The van der Waals surface area contributed by atoms with E-state index in [0.717, 1.165) is 0 Å². The second kappa shape index (κ2) is 4.47. The molecule has 0 aromatic heterocycles. The minimum atomic E-state index is -0.913. The number of hydrogen-bond donors (Lipinski definition) is 1. The molecule has 1 aliphatic heterocycles. The van der Waals surface area contributed by atoms with Crippen molar-refractivity contribution in [3.8, 4) is 11.5 Å². The molecule has 1 aromatic rings. The first-order valence-corrected chi connectivity index (χ1v) is 5.41. The third kappa shape index (κ3) is 2.30. The van der Waals surface area contributed by atoms with Crippen molar-refractivity contribution in [2.45, 2.75) is 10.9 Å². The first-order valence-electron chi connectivity index (χ1n) is 4.54. The Bertz CT molecular complexity index is 355. The van der Waals surface area contributed by atoms with Gasteiger partial charge in [0.05, 0.1) is 0 Å². The highest BCUT2D eigenvalue weighted by molar-refractivity contribution is 6.44. The van der Waals surface area contributed by atoms with Crippen LogP contribution >= 0.6 is 23.2 Å². The van der Waals surface area contributed by atoms with E-state index in [0.29, 0.717) is 30.3 Å². The number of halogens is 2. The average molecular weight is 249 g/mol. The van der Waals surface area contributed by atoms with Crippen LogP contribution in [0.25, 0.3) is 0 Å². The number of ether oxygens (including phenoxy) is 2. The predicted octanol–water partition coefficient (Wildman–Crippen LogP) is 2.29. The van der Waals surface area contributed by atoms with Crippen LogP contribution in [-0.2, 0) is 0 Å². The highest BCUT2D eigenvalue weighted by Crippen LogP contribution is 2.34. The Balaban J connectivity index is 2.27. The van der Waals surface area contributed by atoms with Gasteiger partial charge in [-0.25, -0.2) is 0 Å². The van der Waals surface area contributed by atoms with E-state index < -0.39 is 10.9 Å². The van der Waals surface area contributed by atoms with Crippen LogP contribution in [0.2, 0.25) is 0 Å². The topological polar surface area (TPSA) is 38.7 Å². The molecule has 15 heavy (non-hydrogen) atoms. The van der Waals surface area contributed by atoms with E-state index in [1.165, 1.54) is 0 Å². The standard InChI is InChI=1S/C10H10Cl2O3/c11-10(12)9(13)6-1-2-7-8(5-6)15-4-3-14-7/h1-2,5,9-10,13H,3-4H2. The molecule has 0 radical (unpaired) electrons. The first kappa shape index (κ1) is 10.9. The maximum Gasteiger partial charge on any atom is 0.161 e. The molecule has 1 unspecified atom stereocenters. The summed E-state index contributed by atoms with van der Waals surface area (Å²) in [5.74, 6) is 1.30. The highest BCUT2D eigenvalue weighted by atomic mass is 35.5. The second-order valence-corrected chi connectivity index (χ2v) is 4.35. The number of alkyl halides is 2. The molecule has 0 aliphatic carbocycles. The van der Waals surface area contributed by atoms with E-state index in [9.17, 15) is 5.11 Å². The molecular weight excluding hydrogens is 239 g/mol. The largest absolute Gasteiger partial charge is 0.486 e. The predicted molar refractivity (Wildman–Crippen MR) is 57.9 cm³/mol. The van der Waals surface area contributed by atoms with Crippen LogP contribution in [0.3, 0.4) is 0 Å². The molecule has 1 heterocycles. The van der Waals surface area contributed by atoms with Crippen molar-refractivity contribution in [1.29, 1.82) is 0 Å². The molecule has 1 atom stereocenters. The summed E-state index contributed by atoms with van der Waals surface area (Å²) in [7, 11) is 0. The number of fused-ring (bicyclic) bond motifs is 1. The Hall–Kier alpha value is -0.640. The van der Waals surface area contributed by atoms with E-state index in [2.05, 4.69) is 0 Å². The molecule has 0 saturated heterocycles. The zero-order valence-corrected chi connectivity index (χ0v) is 9.33. The Morgan fingerprint density at radius 2 is 1.80 bits per heavy atom. The Kier molecular flexibility index (Phi) is 3.24. The van der Waals surface area contributed by atoms with Crippen LogP contribution in [0.4, 0.5) is 0 Å². The van der Waals surface area contributed by atoms with Gasteiger partial charge in [-0.05, 0) is 17.7 Å². The lowest BCUT2D eigenvalue weighted by Crippen LogP contribution is -2.16. The van der Waals surface area contributed by atoms with Crippen molar-refractivity contribution in [1.82, 2.24) is 0 Å². The fourth-order valence-electron chi connectivity index (χ4n) is 1.39. The zero-order chi connectivity index (χ0) is 10.8. The highest BCUT2D eigenvalue weighted by Gasteiger charge is 2.19. The van der Waals surface area contributed by atoms with Gasteiger partial charge in [0.25, 0.3) is 0 Å². The molecule has 0 spiro atoms. The summed E-state index contributed by atoms with van der Waals surface area (Å²) in [6.07, 6.45) is -0.913. The van der Waals surface area contributed by atoms with E-state index in [1.807, 2.05) is 0 Å². The molecular formula is C10H10Cl2O3. The number of aliphatic hydroxyl groups is 1. The second-order valence-electron chi connectivity index (χ2n) is 3.18. The van der Waals surface area contributed by atoms with Crippen LogP contribution in [0, 0.1) is 0 Å². The minimum absolute atomic E-state index is 0.512. The lowest BCUT2D eigenvalue weighted by Gasteiger charge is -2.20. The van der Waals surface area contributed by atoms with Crippen molar-refractivity contribution in [2.75, 3.05) is 13.2 Å². The van der Waals surface area contributed by atoms with Crippen LogP contribution in [0.15, 0.2) is 18.2 Å². The molecule has 0 bridgehead atoms. The quantitative estimate of drug-likeness (QED) is 0.817. The maximum absolute atomic E-state index is 9.64. The molecule has 0 amide bonds. The summed E-state index contributed by atoms with van der Waals surface area (Å²) < 4.78 is 10.7. The Labute approximate surface area is 97.5 Å². The fourth-order valence-corrected chi connectivity index (χ4v) is 1.68. The van der Waals surface area contributed by atoms with Crippen molar-refractivity contribution < 1.29 is 14.6 Å². The van der Waals surface area contributed by atoms with E-state index >= 15 is 0 Å². The minimum Gasteiger partial charge on any atom is -0.486 e. The summed E-state index contributed by atoms with van der Waals surface area (Å²) in [5.41, 5.74) is 0.620. The van der Waals surface area contributed by atoms with Gasteiger partial charge in [-0.3, -0.25) is 0 Å². The average Bonchev–Trinajstić information content (AvgIpc) is 2.27. The summed E-state index contributed by atoms with van der Waals surface area (Å²) in [6, 6.07) is 5.15. The molecule has 3 nitrogen and oxygen atoms in total. The van der Waals surface area contributed by atoms with Crippen LogP contribution in [0.1, 0.15) is 11.7 Å². The lowest BCUT2D eigenvalue weighted by atomic mass is 10.1. The number of rotatable bonds is 2. The summed E-state index contributed by atoms with van der Waals surface area (Å²) in [6.45, 7) is 1.06. The number of hydrogen-bond acceptors (Lipinski definition) is 3. The van der Waals surface area contributed by atoms with E-state index in [4.69, 9.17) is 32.7 Å². The van der Waals surface area contributed by atoms with Crippen LogP contribution in [-0.4, -0.2) is 23.2 Å². The van der Waals surface area contributed by atoms with Gasteiger partial charge >= 0.3 is 0 Å². The fraction of sp³-hybridized carbons (Fsp3) is 0.400. The maximum atomic E-state index is 9.64. The smallest absolute Gasteiger partial charge is 0.161 e. The summed E-state index contributed by atoms with van der Waals surface area (Å²) >= 11 is 11.2. The van der Waals surface area contributed by atoms with Gasteiger partial charge in [0.15, 0.2) is 11.5 Å².